The zero-order valence-electron chi connectivity index (χ0n) is 13.0. The number of allylic oxidation sites excluding steroid dienone is 2. The molecule has 1 aliphatic heterocycles. The molecular formula is C19H15F2N2O. The molecule has 1 N–H and O–H groups in total. The average molecular weight is 325 g/mol. The number of amides is 1. The lowest BCUT2D eigenvalue weighted by molar-refractivity contribution is -0.120. The quantitative estimate of drug-likeness (QED) is 0.934. The molecule has 2 aromatic carbocycles. The van der Waals surface area contributed by atoms with E-state index in [4.69, 9.17) is 0 Å². The van der Waals surface area contributed by atoms with Gasteiger partial charge in [-0.05, 0) is 42.5 Å². The molecule has 2 aromatic rings. The Hall–Kier alpha value is -2.95. The number of halogens is 2. The predicted molar refractivity (Wildman–Crippen MR) is 87.7 cm³/mol. The summed E-state index contributed by atoms with van der Waals surface area (Å²) in [6.45, 7) is 1.37. The highest BCUT2D eigenvalue weighted by Gasteiger charge is 2.38. The summed E-state index contributed by atoms with van der Waals surface area (Å²) in [6, 6.07) is 11.9. The van der Waals surface area contributed by atoms with E-state index in [-0.39, 0.29) is 11.6 Å². The number of rotatable bonds is 3. The van der Waals surface area contributed by atoms with Crippen LogP contribution >= 0.6 is 0 Å². The molecule has 24 heavy (non-hydrogen) atoms. The van der Waals surface area contributed by atoms with Crippen LogP contribution in [-0.2, 0) is 10.5 Å². The molecule has 0 bridgehead atoms. The lowest BCUT2D eigenvalue weighted by Gasteiger charge is -2.43. The Kier molecular flexibility index (Phi) is 4.16. The fraction of sp³-hybridized carbons (Fsp3) is 0.105. The highest BCUT2D eigenvalue weighted by molar-refractivity contribution is 5.76. The Bertz CT molecular complexity index is 814. The predicted octanol–water partition coefficient (Wildman–Crippen LogP) is 3.65. The van der Waals surface area contributed by atoms with Crippen LogP contribution in [0.1, 0.15) is 12.5 Å². The molecule has 1 atom stereocenters. The molecule has 3 rings (SSSR count). The third kappa shape index (κ3) is 2.80. The highest BCUT2D eigenvalue weighted by Crippen LogP contribution is 2.36. The maximum absolute atomic E-state index is 14.4. The van der Waals surface area contributed by atoms with Gasteiger partial charge in [0.25, 0.3) is 0 Å². The zero-order valence-corrected chi connectivity index (χ0v) is 13.0. The van der Waals surface area contributed by atoms with Gasteiger partial charge in [-0.25, -0.2) is 8.78 Å². The first-order valence-electron chi connectivity index (χ1n) is 7.39. The maximum atomic E-state index is 14.4. The molecule has 1 amide bonds. The third-order valence-electron chi connectivity index (χ3n) is 3.75. The van der Waals surface area contributed by atoms with Crippen LogP contribution in [0.5, 0.6) is 0 Å². The molecular weight excluding hydrogens is 310 g/mol. The number of hydrogen-bond acceptors (Lipinski definition) is 2. The van der Waals surface area contributed by atoms with Gasteiger partial charge in [0.2, 0.25) is 5.91 Å². The summed E-state index contributed by atoms with van der Waals surface area (Å²) >= 11 is 0. The lowest BCUT2D eigenvalue weighted by Crippen LogP contribution is -2.55. The van der Waals surface area contributed by atoms with Gasteiger partial charge in [0.05, 0.1) is 5.69 Å². The minimum absolute atomic E-state index is 0.282. The van der Waals surface area contributed by atoms with Gasteiger partial charge in [-0.1, -0.05) is 24.3 Å². The molecule has 3 nitrogen and oxygen atoms in total. The van der Waals surface area contributed by atoms with E-state index in [2.05, 4.69) is 11.4 Å². The number of anilines is 1. The van der Waals surface area contributed by atoms with Crippen LogP contribution in [0.3, 0.4) is 0 Å². The number of benzene rings is 2. The van der Waals surface area contributed by atoms with Gasteiger partial charge in [-0.3, -0.25) is 4.79 Å². The number of carbonyl (C=O) groups excluding carboxylic acids is 1. The van der Waals surface area contributed by atoms with Crippen molar-refractivity contribution in [1.82, 2.24) is 5.32 Å². The molecule has 0 aliphatic carbocycles. The van der Waals surface area contributed by atoms with Crippen molar-refractivity contribution in [2.24, 2.45) is 0 Å². The van der Waals surface area contributed by atoms with Crippen LogP contribution in [0.2, 0.25) is 0 Å². The first kappa shape index (κ1) is 15.9. The van der Waals surface area contributed by atoms with Gasteiger partial charge in [-0.15, -0.1) is 0 Å². The minimum Gasteiger partial charge on any atom is -0.326 e. The molecule has 5 heteroatoms. The Balaban J connectivity index is 2.19. The van der Waals surface area contributed by atoms with Crippen molar-refractivity contribution in [1.29, 1.82) is 0 Å². The van der Waals surface area contributed by atoms with E-state index in [1.807, 2.05) is 0 Å². The second kappa shape index (κ2) is 6.28. The summed E-state index contributed by atoms with van der Waals surface area (Å²) in [6.07, 6.45) is 7.80. The van der Waals surface area contributed by atoms with Gasteiger partial charge in [0, 0.05) is 18.7 Å². The van der Waals surface area contributed by atoms with Crippen molar-refractivity contribution in [3.05, 3.63) is 90.2 Å². The van der Waals surface area contributed by atoms with Crippen molar-refractivity contribution >= 4 is 11.6 Å². The number of nitrogens with one attached hydrogen (secondary N) is 1. The second-order valence-corrected chi connectivity index (χ2v) is 5.40. The SMILES string of the molecule is CC(=O)NC1(c2ccc(F)cc2)C=[C]C=CN1c1ccccc1F. The van der Waals surface area contributed by atoms with Crippen LogP contribution in [0.15, 0.2) is 66.9 Å². The largest absolute Gasteiger partial charge is 0.326 e. The van der Waals surface area contributed by atoms with Gasteiger partial charge in [0.15, 0.2) is 5.66 Å². The maximum Gasteiger partial charge on any atom is 0.219 e. The monoisotopic (exact) mass is 325 g/mol. The van der Waals surface area contributed by atoms with Crippen LogP contribution in [0.25, 0.3) is 0 Å². The van der Waals surface area contributed by atoms with E-state index < -0.39 is 17.3 Å². The molecule has 0 aromatic heterocycles. The third-order valence-corrected chi connectivity index (χ3v) is 3.75. The van der Waals surface area contributed by atoms with E-state index in [1.54, 1.807) is 53.6 Å². The van der Waals surface area contributed by atoms with E-state index in [0.717, 1.165) is 0 Å². The fourth-order valence-electron chi connectivity index (χ4n) is 2.75. The topological polar surface area (TPSA) is 32.3 Å². The van der Waals surface area contributed by atoms with Crippen molar-refractivity contribution in [2.75, 3.05) is 4.90 Å². The van der Waals surface area contributed by atoms with Gasteiger partial charge in [0.1, 0.15) is 11.6 Å². The number of hydrogen-bond donors (Lipinski definition) is 1. The Morgan fingerprint density at radius 3 is 2.50 bits per heavy atom. The van der Waals surface area contributed by atoms with Crippen LogP contribution in [0, 0.1) is 17.7 Å². The summed E-state index contributed by atoms with van der Waals surface area (Å²) in [4.78, 5) is 13.4. The molecule has 1 heterocycles. The van der Waals surface area contributed by atoms with Gasteiger partial charge in [-0.2, -0.15) is 0 Å². The van der Waals surface area contributed by atoms with E-state index in [0.29, 0.717) is 5.56 Å². The highest BCUT2D eigenvalue weighted by atomic mass is 19.1. The number of para-hydroxylation sites is 1. The fourth-order valence-corrected chi connectivity index (χ4v) is 2.75. The molecule has 1 radical (unpaired) electrons. The van der Waals surface area contributed by atoms with Gasteiger partial charge >= 0.3 is 0 Å². The summed E-state index contributed by atoms with van der Waals surface area (Å²) < 4.78 is 27.7. The first-order chi connectivity index (χ1) is 11.5. The van der Waals surface area contributed by atoms with Crippen LogP contribution in [0.4, 0.5) is 14.5 Å². The van der Waals surface area contributed by atoms with Crippen molar-refractivity contribution in [2.45, 2.75) is 12.6 Å². The molecule has 0 saturated heterocycles. The smallest absolute Gasteiger partial charge is 0.219 e. The van der Waals surface area contributed by atoms with Crippen molar-refractivity contribution < 1.29 is 13.6 Å². The Labute approximate surface area is 138 Å². The van der Waals surface area contributed by atoms with E-state index in [1.165, 1.54) is 25.1 Å². The average Bonchev–Trinajstić information content (AvgIpc) is 2.56. The Morgan fingerprint density at radius 1 is 1.12 bits per heavy atom. The normalized spacial score (nSPS) is 19.4. The van der Waals surface area contributed by atoms with Crippen LogP contribution in [-0.4, -0.2) is 5.91 Å². The van der Waals surface area contributed by atoms with E-state index in [9.17, 15) is 13.6 Å². The van der Waals surface area contributed by atoms with Crippen LogP contribution < -0.4 is 10.2 Å². The standard InChI is InChI=1S/C19H15F2N2O/c1-14(24)22-19(15-8-10-16(20)11-9-15)12-4-5-13-23(19)18-7-3-2-6-17(18)21/h2-3,5-13H,1H3,(H,22,24). The van der Waals surface area contributed by atoms with E-state index >= 15 is 0 Å². The zero-order chi connectivity index (χ0) is 17.2. The molecule has 0 spiro atoms. The molecule has 121 valence electrons. The summed E-state index contributed by atoms with van der Waals surface area (Å²) in [7, 11) is 0. The number of nitrogens with zero attached hydrogens (tertiary/aromatic N) is 1. The summed E-state index contributed by atoms with van der Waals surface area (Å²) in [5.41, 5.74) is -0.333. The first-order valence-corrected chi connectivity index (χ1v) is 7.39. The van der Waals surface area contributed by atoms with Crippen molar-refractivity contribution in [3.63, 3.8) is 0 Å². The molecule has 0 saturated carbocycles. The molecule has 0 fully saturated rings. The lowest BCUT2D eigenvalue weighted by atomic mass is 9.93. The summed E-state index contributed by atoms with van der Waals surface area (Å²) in [5.74, 6) is -1.14. The van der Waals surface area contributed by atoms with Crippen molar-refractivity contribution in [3.8, 4) is 0 Å². The number of carbonyl (C=O) groups is 1. The van der Waals surface area contributed by atoms with Gasteiger partial charge < -0.3 is 10.2 Å². The molecule has 1 unspecified atom stereocenters. The summed E-state index contributed by atoms with van der Waals surface area (Å²) in [5, 5.41) is 2.84. The Morgan fingerprint density at radius 2 is 1.83 bits per heavy atom. The second-order valence-electron chi connectivity index (χ2n) is 5.40. The minimum atomic E-state index is -1.20. The molecule has 1 aliphatic rings.